The molecule has 6 nitrogen and oxygen atoms in total. The molecule has 1 saturated heterocycles. The van der Waals surface area contributed by atoms with Gasteiger partial charge in [-0.15, -0.1) is 0 Å². The molecule has 1 fully saturated rings. The van der Waals surface area contributed by atoms with Crippen LogP contribution < -0.4 is 0 Å². The van der Waals surface area contributed by atoms with Crippen molar-refractivity contribution in [2.45, 2.75) is 50.0 Å². The van der Waals surface area contributed by atoms with E-state index >= 15 is 0 Å². The quantitative estimate of drug-likeness (QED) is 0.808. The summed E-state index contributed by atoms with van der Waals surface area (Å²) in [5.41, 5.74) is 0.896. The van der Waals surface area contributed by atoms with Crippen LogP contribution in [0.4, 0.5) is 0 Å². The van der Waals surface area contributed by atoms with Gasteiger partial charge in [-0.3, -0.25) is 9.59 Å². The van der Waals surface area contributed by atoms with Gasteiger partial charge in [0.15, 0.2) is 9.84 Å². The molecule has 1 aromatic carbocycles. The van der Waals surface area contributed by atoms with E-state index in [-0.39, 0.29) is 24.1 Å². The van der Waals surface area contributed by atoms with Crippen molar-refractivity contribution in [3.8, 4) is 0 Å². The Labute approximate surface area is 142 Å². The number of hydrogen-bond acceptors (Lipinski definition) is 4. The van der Waals surface area contributed by atoms with E-state index in [0.717, 1.165) is 18.4 Å². The van der Waals surface area contributed by atoms with E-state index in [2.05, 4.69) is 0 Å². The van der Waals surface area contributed by atoms with Crippen LogP contribution in [-0.4, -0.2) is 48.6 Å². The summed E-state index contributed by atoms with van der Waals surface area (Å²) in [7, 11) is -3.21. The smallest absolute Gasteiger partial charge is 0.305 e. The highest BCUT2D eigenvalue weighted by atomic mass is 32.2. The highest BCUT2D eigenvalue weighted by molar-refractivity contribution is 7.91. The van der Waals surface area contributed by atoms with E-state index < -0.39 is 15.8 Å². The second-order valence-electron chi connectivity index (χ2n) is 6.03. The molecule has 1 aliphatic rings. The average Bonchev–Trinajstić information content (AvgIpc) is 3.00. The Bertz CT molecular complexity index is 696. The molecule has 0 aliphatic carbocycles. The molecule has 7 heteroatoms. The Kier molecular flexibility index (Phi) is 5.99. The number of carboxylic acid groups (broad SMARTS) is 1. The number of amides is 1. The van der Waals surface area contributed by atoms with Crippen LogP contribution in [0.5, 0.6) is 0 Å². The summed E-state index contributed by atoms with van der Waals surface area (Å²) >= 11 is 0. The van der Waals surface area contributed by atoms with Crippen LogP contribution in [0.1, 0.15) is 38.2 Å². The number of hydrogen-bond donors (Lipinski definition) is 1. The van der Waals surface area contributed by atoms with Crippen molar-refractivity contribution in [1.29, 1.82) is 0 Å². The SMILES string of the molecule is CCS(=O)(=O)c1ccc(CCC(=O)N2CCCC2CC(=O)O)cc1. The molecule has 0 aromatic heterocycles. The average molecular weight is 353 g/mol. The van der Waals surface area contributed by atoms with E-state index in [9.17, 15) is 18.0 Å². The molecular weight excluding hydrogens is 330 g/mol. The summed E-state index contributed by atoms with van der Waals surface area (Å²) in [6.45, 7) is 2.22. The van der Waals surface area contributed by atoms with Gasteiger partial charge in [0.1, 0.15) is 0 Å². The molecule has 0 radical (unpaired) electrons. The molecule has 1 atom stereocenters. The fourth-order valence-corrected chi connectivity index (χ4v) is 3.89. The predicted molar refractivity (Wildman–Crippen MR) is 89.5 cm³/mol. The van der Waals surface area contributed by atoms with Gasteiger partial charge >= 0.3 is 5.97 Å². The summed E-state index contributed by atoms with van der Waals surface area (Å²) in [4.78, 5) is 25.1. The summed E-state index contributed by atoms with van der Waals surface area (Å²) in [6.07, 6.45) is 2.39. The first kappa shape index (κ1) is 18.4. The minimum absolute atomic E-state index is 0.00465. The molecule has 1 heterocycles. The largest absolute Gasteiger partial charge is 0.481 e. The second-order valence-corrected chi connectivity index (χ2v) is 8.31. The molecule has 1 unspecified atom stereocenters. The Hall–Kier alpha value is -1.89. The zero-order valence-electron chi connectivity index (χ0n) is 13.8. The Balaban J connectivity index is 1.93. The molecule has 0 saturated carbocycles. The number of nitrogens with zero attached hydrogens (tertiary/aromatic N) is 1. The minimum Gasteiger partial charge on any atom is -0.481 e. The Morgan fingerprint density at radius 2 is 1.92 bits per heavy atom. The monoisotopic (exact) mass is 353 g/mol. The summed E-state index contributed by atoms with van der Waals surface area (Å²) in [5.74, 6) is -0.860. The predicted octanol–water partition coefficient (Wildman–Crippen LogP) is 1.88. The third-order valence-corrected chi connectivity index (χ3v) is 6.15. The maximum atomic E-state index is 12.3. The number of aliphatic carboxylic acids is 1. The van der Waals surface area contributed by atoms with Crippen molar-refractivity contribution in [3.63, 3.8) is 0 Å². The van der Waals surface area contributed by atoms with Crippen LogP contribution in [0.2, 0.25) is 0 Å². The van der Waals surface area contributed by atoms with Gasteiger partial charge in [-0.05, 0) is 37.0 Å². The lowest BCUT2D eigenvalue weighted by atomic mass is 10.1. The number of carbonyl (C=O) groups is 2. The third-order valence-electron chi connectivity index (χ3n) is 4.40. The van der Waals surface area contributed by atoms with Crippen LogP contribution in [0.25, 0.3) is 0 Å². The molecule has 0 bridgehead atoms. The van der Waals surface area contributed by atoms with Gasteiger partial charge < -0.3 is 10.0 Å². The lowest BCUT2D eigenvalue weighted by Crippen LogP contribution is -2.36. The Morgan fingerprint density at radius 1 is 1.25 bits per heavy atom. The number of sulfone groups is 1. The van der Waals surface area contributed by atoms with Crippen molar-refractivity contribution in [3.05, 3.63) is 29.8 Å². The summed E-state index contributed by atoms with van der Waals surface area (Å²) < 4.78 is 23.5. The maximum Gasteiger partial charge on any atom is 0.305 e. The molecule has 1 aliphatic heterocycles. The first-order chi connectivity index (χ1) is 11.3. The van der Waals surface area contributed by atoms with E-state index in [1.54, 1.807) is 36.1 Å². The van der Waals surface area contributed by atoms with Crippen LogP contribution in [0.15, 0.2) is 29.2 Å². The van der Waals surface area contributed by atoms with Crippen LogP contribution >= 0.6 is 0 Å². The number of likely N-dealkylation sites (tertiary alicyclic amines) is 1. The third kappa shape index (κ3) is 4.56. The first-order valence-electron chi connectivity index (χ1n) is 8.16. The fraction of sp³-hybridized carbons (Fsp3) is 0.529. The van der Waals surface area contributed by atoms with Gasteiger partial charge in [0.05, 0.1) is 17.1 Å². The number of carboxylic acids is 1. The van der Waals surface area contributed by atoms with Gasteiger partial charge in [0.2, 0.25) is 5.91 Å². The summed E-state index contributed by atoms with van der Waals surface area (Å²) in [6, 6.07) is 6.40. The van der Waals surface area contributed by atoms with Crippen molar-refractivity contribution >= 4 is 21.7 Å². The summed E-state index contributed by atoms with van der Waals surface area (Å²) in [5, 5.41) is 8.91. The number of carbonyl (C=O) groups excluding carboxylic acids is 1. The van der Waals surface area contributed by atoms with Crippen LogP contribution in [-0.2, 0) is 25.8 Å². The highest BCUT2D eigenvalue weighted by Crippen LogP contribution is 2.22. The molecule has 0 spiro atoms. The molecule has 24 heavy (non-hydrogen) atoms. The minimum atomic E-state index is -3.21. The molecule has 132 valence electrons. The number of rotatable bonds is 7. The molecule has 2 rings (SSSR count). The molecular formula is C17H23NO5S. The highest BCUT2D eigenvalue weighted by Gasteiger charge is 2.29. The number of benzene rings is 1. The van der Waals surface area contributed by atoms with Crippen LogP contribution in [0.3, 0.4) is 0 Å². The van der Waals surface area contributed by atoms with Crippen LogP contribution in [0, 0.1) is 0 Å². The van der Waals surface area contributed by atoms with Gasteiger partial charge in [-0.25, -0.2) is 8.42 Å². The topological polar surface area (TPSA) is 91.8 Å². The van der Waals surface area contributed by atoms with E-state index in [1.807, 2.05) is 0 Å². The zero-order chi connectivity index (χ0) is 17.7. The number of aryl methyl sites for hydroxylation is 1. The maximum absolute atomic E-state index is 12.3. The lowest BCUT2D eigenvalue weighted by molar-refractivity contribution is -0.139. The first-order valence-corrected chi connectivity index (χ1v) is 9.81. The molecule has 1 aromatic rings. The van der Waals surface area contributed by atoms with Crippen molar-refractivity contribution < 1.29 is 23.1 Å². The van der Waals surface area contributed by atoms with Crippen molar-refractivity contribution in [2.75, 3.05) is 12.3 Å². The standard InChI is InChI=1S/C17H23NO5S/c1-2-24(22,23)15-8-5-13(6-9-15)7-10-16(19)18-11-3-4-14(18)12-17(20)21/h5-6,8-9,14H,2-4,7,10-12H2,1H3,(H,20,21). The van der Waals surface area contributed by atoms with E-state index in [4.69, 9.17) is 5.11 Å². The molecule has 1 amide bonds. The van der Waals surface area contributed by atoms with Gasteiger partial charge in [-0.1, -0.05) is 19.1 Å². The van der Waals surface area contributed by atoms with Crippen molar-refractivity contribution in [2.24, 2.45) is 0 Å². The van der Waals surface area contributed by atoms with Gasteiger partial charge in [0.25, 0.3) is 0 Å². The molecule has 1 N–H and O–H groups in total. The van der Waals surface area contributed by atoms with Crippen molar-refractivity contribution in [1.82, 2.24) is 4.90 Å². The fourth-order valence-electron chi connectivity index (χ4n) is 3.00. The zero-order valence-corrected chi connectivity index (χ0v) is 14.6. The van der Waals surface area contributed by atoms with Gasteiger partial charge in [-0.2, -0.15) is 0 Å². The van der Waals surface area contributed by atoms with Gasteiger partial charge in [0, 0.05) is 19.0 Å². The Morgan fingerprint density at radius 3 is 2.50 bits per heavy atom. The normalized spacial score (nSPS) is 17.9. The van der Waals surface area contributed by atoms with E-state index in [0.29, 0.717) is 24.3 Å². The van der Waals surface area contributed by atoms with E-state index in [1.165, 1.54) is 0 Å². The second kappa shape index (κ2) is 7.79. The lowest BCUT2D eigenvalue weighted by Gasteiger charge is -2.23.